The molecule has 3 aliphatic heterocycles. The van der Waals surface area contributed by atoms with Crippen LogP contribution in [0.1, 0.15) is 26.7 Å². The molecule has 5 rings (SSSR count). The maximum Gasteiger partial charge on any atom is 0.310 e. The van der Waals surface area contributed by atoms with Crippen molar-refractivity contribution in [1.29, 1.82) is 0 Å². The van der Waals surface area contributed by atoms with E-state index < -0.39 is 52.9 Å². The third-order valence-electron chi connectivity index (χ3n) is 7.84. The van der Waals surface area contributed by atoms with Gasteiger partial charge in [0.2, 0.25) is 11.8 Å². The lowest BCUT2D eigenvalue weighted by atomic mass is 9.66. The number of likely N-dealkylation sites (tertiary alicyclic amines) is 1. The van der Waals surface area contributed by atoms with Gasteiger partial charge >= 0.3 is 5.97 Å². The monoisotopic (exact) mass is 483 g/mol. The fraction of sp³-hybridized carbons (Fsp3) is 0.542. The number of rotatable bonds is 8. The molecule has 3 aliphatic rings. The summed E-state index contributed by atoms with van der Waals surface area (Å²) in [5.41, 5.74) is -0.896. The highest BCUT2D eigenvalue weighted by molar-refractivity contribution is 5.98. The fourth-order valence-electron chi connectivity index (χ4n) is 6.31. The maximum absolute atomic E-state index is 14.2. The lowest BCUT2D eigenvalue weighted by Crippen LogP contribution is -2.58. The number of fused-ring (bicyclic) bond motifs is 2. The summed E-state index contributed by atoms with van der Waals surface area (Å²) >= 11 is 0. The molecule has 1 spiro atoms. The molecule has 0 radical (unpaired) electrons. The SMILES string of the molecule is C=CCN(Cn1nnc2ccccc21)C(=O)C1N([C@H](C)CO)C(=O)[C@@H]2[C@@H](C(=O)O)[C@@]3(C)CCC12O3. The first-order valence-corrected chi connectivity index (χ1v) is 11.7. The van der Waals surface area contributed by atoms with Gasteiger partial charge in [-0.1, -0.05) is 23.4 Å². The molecule has 3 fully saturated rings. The first-order chi connectivity index (χ1) is 16.7. The van der Waals surface area contributed by atoms with Gasteiger partial charge in [0.05, 0.1) is 35.6 Å². The van der Waals surface area contributed by atoms with Crippen LogP contribution in [0.25, 0.3) is 11.0 Å². The smallest absolute Gasteiger partial charge is 0.310 e. The van der Waals surface area contributed by atoms with E-state index in [9.17, 15) is 24.6 Å². The Morgan fingerprint density at radius 2 is 2.11 bits per heavy atom. The Hall–Kier alpha value is -3.31. The van der Waals surface area contributed by atoms with Crippen LogP contribution in [0.3, 0.4) is 0 Å². The van der Waals surface area contributed by atoms with Crippen molar-refractivity contribution in [2.45, 2.75) is 56.6 Å². The summed E-state index contributed by atoms with van der Waals surface area (Å²) in [6.07, 6.45) is 2.38. The molecule has 6 atom stereocenters. The van der Waals surface area contributed by atoms with Crippen molar-refractivity contribution < 1.29 is 29.3 Å². The minimum Gasteiger partial charge on any atom is -0.481 e. The number of aliphatic hydroxyl groups is 1. The average molecular weight is 484 g/mol. The number of hydrogen-bond acceptors (Lipinski definition) is 7. The van der Waals surface area contributed by atoms with Gasteiger partial charge in [-0.05, 0) is 38.8 Å². The number of carbonyl (C=O) groups excluding carboxylic acids is 2. The Morgan fingerprint density at radius 1 is 1.37 bits per heavy atom. The molecule has 0 saturated carbocycles. The predicted octanol–water partition coefficient (Wildman–Crippen LogP) is 0.634. The number of para-hydroxylation sites is 1. The van der Waals surface area contributed by atoms with Crippen LogP contribution < -0.4 is 0 Å². The molecule has 3 saturated heterocycles. The number of benzene rings is 1. The average Bonchev–Trinajstić information content (AvgIpc) is 3.53. The van der Waals surface area contributed by atoms with Gasteiger partial charge in [0.25, 0.3) is 0 Å². The third kappa shape index (κ3) is 3.21. The predicted molar refractivity (Wildman–Crippen MR) is 123 cm³/mol. The zero-order valence-electron chi connectivity index (χ0n) is 19.7. The summed E-state index contributed by atoms with van der Waals surface area (Å²) in [5, 5.41) is 28.3. The highest BCUT2D eigenvalue weighted by Crippen LogP contribution is 2.63. The highest BCUT2D eigenvalue weighted by atomic mass is 16.5. The second kappa shape index (κ2) is 8.13. The molecule has 186 valence electrons. The number of aliphatic carboxylic acids is 1. The fourth-order valence-corrected chi connectivity index (χ4v) is 6.31. The number of aliphatic hydroxyl groups excluding tert-OH is 1. The molecule has 1 aromatic carbocycles. The molecule has 11 nitrogen and oxygen atoms in total. The highest BCUT2D eigenvalue weighted by Gasteiger charge is 2.78. The van der Waals surface area contributed by atoms with Crippen molar-refractivity contribution in [3.63, 3.8) is 0 Å². The van der Waals surface area contributed by atoms with Crippen molar-refractivity contribution in [3.05, 3.63) is 36.9 Å². The van der Waals surface area contributed by atoms with Crippen LogP contribution in [0, 0.1) is 11.8 Å². The Bertz CT molecular complexity index is 1210. The second-order valence-corrected chi connectivity index (χ2v) is 9.91. The normalized spacial score (nSPS) is 32.1. The van der Waals surface area contributed by atoms with Crippen LogP contribution in [0.2, 0.25) is 0 Å². The van der Waals surface area contributed by atoms with E-state index in [2.05, 4.69) is 16.9 Å². The minimum atomic E-state index is -1.28. The minimum absolute atomic E-state index is 0.0533. The Balaban J connectivity index is 1.56. The van der Waals surface area contributed by atoms with Gasteiger partial charge in [0, 0.05) is 6.54 Å². The Kier molecular flexibility index (Phi) is 5.44. The Morgan fingerprint density at radius 3 is 2.80 bits per heavy atom. The van der Waals surface area contributed by atoms with Gasteiger partial charge in [-0.25, -0.2) is 4.68 Å². The van der Waals surface area contributed by atoms with E-state index in [1.165, 1.54) is 9.80 Å². The van der Waals surface area contributed by atoms with Gasteiger partial charge in [-0.15, -0.1) is 11.7 Å². The molecule has 2 unspecified atom stereocenters. The van der Waals surface area contributed by atoms with Crippen LogP contribution in [0.5, 0.6) is 0 Å². The largest absolute Gasteiger partial charge is 0.481 e. The molecular weight excluding hydrogens is 454 g/mol. The standard InChI is InChI=1S/C24H29N5O6/c1-4-11-27(13-28-16-8-6-5-7-15(16)25-26-28)21(32)19-24-10-9-23(3,35-24)18(22(33)34)17(24)20(31)29(19)14(2)12-30/h4-8,14,17-19,30H,1,9-13H2,2-3H3,(H,33,34)/t14-,17+,18+,19?,23-,24?/m1/s1. The van der Waals surface area contributed by atoms with Gasteiger partial charge in [-0.2, -0.15) is 0 Å². The molecule has 2 aromatic rings. The van der Waals surface area contributed by atoms with E-state index in [4.69, 9.17) is 4.74 Å². The van der Waals surface area contributed by atoms with Crippen molar-refractivity contribution in [1.82, 2.24) is 24.8 Å². The summed E-state index contributed by atoms with van der Waals surface area (Å²) in [6, 6.07) is 5.59. The molecule has 2 bridgehead atoms. The van der Waals surface area contributed by atoms with E-state index >= 15 is 0 Å². The number of nitrogens with zero attached hydrogens (tertiary/aromatic N) is 5. The van der Waals surface area contributed by atoms with Crippen LogP contribution >= 0.6 is 0 Å². The van der Waals surface area contributed by atoms with Crippen molar-refractivity contribution in [3.8, 4) is 0 Å². The van der Waals surface area contributed by atoms with E-state index in [1.54, 1.807) is 24.6 Å². The second-order valence-electron chi connectivity index (χ2n) is 9.91. The van der Waals surface area contributed by atoms with Crippen LogP contribution in [-0.2, 0) is 25.8 Å². The molecule has 35 heavy (non-hydrogen) atoms. The number of ether oxygens (including phenoxy) is 1. The maximum atomic E-state index is 14.2. The molecule has 2 N–H and O–H groups in total. The first-order valence-electron chi connectivity index (χ1n) is 11.7. The zero-order chi connectivity index (χ0) is 25.1. The van der Waals surface area contributed by atoms with Crippen LogP contribution in [0.15, 0.2) is 36.9 Å². The summed E-state index contributed by atoms with van der Waals surface area (Å²) in [4.78, 5) is 43.0. The van der Waals surface area contributed by atoms with Gasteiger partial charge in [0.1, 0.15) is 23.8 Å². The van der Waals surface area contributed by atoms with Crippen molar-refractivity contribution in [2.75, 3.05) is 13.2 Å². The molecule has 11 heteroatoms. The quantitative estimate of drug-likeness (QED) is 0.522. The molecule has 4 heterocycles. The van der Waals surface area contributed by atoms with Gasteiger partial charge in [-0.3, -0.25) is 14.4 Å². The lowest BCUT2D eigenvalue weighted by Gasteiger charge is -2.38. The molecule has 2 amide bonds. The van der Waals surface area contributed by atoms with Crippen molar-refractivity contribution >= 4 is 28.8 Å². The third-order valence-corrected chi connectivity index (χ3v) is 7.84. The Labute approximate surface area is 201 Å². The summed E-state index contributed by atoms with van der Waals surface area (Å²) in [7, 11) is 0. The number of carboxylic acids is 1. The first kappa shape index (κ1) is 23.4. The van der Waals surface area contributed by atoms with Crippen LogP contribution in [0.4, 0.5) is 0 Å². The zero-order valence-corrected chi connectivity index (χ0v) is 19.7. The number of carboxylic acid groups (broad SMARTS) is 1. The number of amides is 2. The van der Waals surface area contributed by atoms with Crippen LogP contribution in [-0.4, -0.2) is 89.2 Å². The van der Waals surface area contributed by atoms with E-state index in [-0.39, 0.29) is 19.8 Å². The van der Waals surface area contributed by atoms with E-state index in [1.807, 2.05) is 24.3 Å². The lowest BCUT2D eigenvalue weighted by molar-refractivity contribution is -0.158. The van der Waals surface area contributed by atoms with E-state index in [0.717, 1.165) is 5.52 Å². The van der Waals surface area contributed by atoms with Gasteiger partial charge in [0.15, 0.2) is 0 Å². The molecular formula is C24H29N5O6. The molecule has 1 aromatic heterocycles. The van der Waals surface area contributed by atoms with E-state index in [0.29, 0.717) is 18.4 Å². The summed E-state index contributed by atoms with van der Waals surface area (Å²) in [6.45, 7) is 6.97. The van der Waals surface area contributed by atoms with Gasteiger partial charge < -0.3 is 24.7 Å². The summed E-state index contributed by atoms with van der Waals surface area (Å²) < 4.78 is 7.97. The molecule has 0 aliphatic carbocycles. The van der Waals surface area contributed by atoms with Crippen molar-refractivity contribution in [2.24, 2.45) is 11.8 Å². The number of hydrogen-bond donors (Lipinski definition) is 2. The number of aromatic nitrogens is 3. The number of carbonyl (C=O) groups is 3. The summed E-state index contributed by atoms with van der Waals surface area (Å²) in [5.74, 6) is -4.06. The topological polar surface area (TPSA) is 138 Å².